The van der Waals surface area contributed by atoms with Crippen molar-refractivity contribution in [3.63, 3.8) is 0 Å². The zero-order valence-electron chi connectivity index (χ0n) is 14.6. The zero-order chi connectivity index (χ0) is 18.8. The summed E-state index contributed by atoms with van der Waals surface area (Å²) in [5, 5.41) is 17.8. The normalized spacial score (nSPS) is 11.8. The van der Waals surface area contributed by atoms with Crippen LogP contribution in [-0.2, 0) is 0 Å². The third-order valence-corrected chi connectivity index (χ3v) is 3.59. The van der Waals surface area contributed by atoms with Gasteiger partial charge in [0.1, 0.15) is 17.6 Å². The highest BCUT2D eigenvalue weighted by Gasteiger charge is 2.14. The van der Waals surface area contributed by atoms with Gasteiger partial charge in [-0.2, -0.15) is 5.26 Å². The van der Waals surface area contributed by atoms with Crippen molar-refractivity contribution >= 4 is 11.7 Å². The second-order valence-corrected chi connectivity index (χ2v) is 5.36. The first-order chi connectivity index (χ1) is 12.7. The van der Waals surface area contributed by atoms with E-state index in [0.717, 1.165) is 5.56 Å². The molecule has 2 aromatic rings. The molecule has 0 amide bonds. The first-order valence-corrected chi connectivity index (χ1v) is 8.08. The lowest BCUT2D eigenvalue weighted by atomic mass is 10.1. The molecule has 0 atom stereocenters. The smallest absolute Gasteiger partial charge is 0.154 e. The molecule has 0 spiro atoms. The van der Waals surface area contributed by atoms with Gasteiger partial charge in [0.05, 0.1) is 0 Å². The highest BCUT2D eigenvalue weighted by molar-refractivity contribution is 6.10. The van der Waals surface area contributed by atoms with Gasteiger partial charge < -0.3 is 4.90 Å². The van der Waals surface area contributed by atoms with Crippen molar-refractivity contribution in [1.29, 1.82) is 10.7 Å². The Balaban J connectivity index is 2.48. The number of hydrogen-bond donors (Lipinski definition) is 1. The van der Waals surface area contributed by atoms with Crippen LogP contribution in [0, 0.1) is 16.7 Å². The SMILES string of the molecule is C=C/C=C\C=C(\C#N)N(C)/C(=N\C(=N)c1ccccc1)c1ccccc1. The molecule has 2 aromatic carbocycles. The predicted octanol–water partition coefficient (Wildman–Crippen LogP) is 4.54. The molecule has 0 radical (unpaired) electrons. The fraction of sp³-hybridized carbons (Fsp3) is 0.0455. The quantitative estimate of drug-likeness (QED) is 0.376. The van der Waals surface area contributed by atoms with Crippen molar-refractivity contribution in [2.24, 2.45) is 4.99 Å². The molecule has 0 aromatic heterocycles. The lowest BCUT2D eigenvalue weighted by Crippen LogP contribution is -2.27. The fourth-order valence-corrected chi connectivity index (χ4v) is 2.25. The number of hydrogen-bond acceptors (Lipinski definition) is 2. The molecule has 0 saturated carbocycles. The van der Waals surface area contributed by atoms with Crippen molar-refractivity contribution in [3.05, 3.63) is 108 Å². The Morgan fingerprint density at radius 2 is 1.62 bits per heavy atom. The van der Waals surface area contributed by atoms with Crippen LogP contribution in [0.3, 0.4) is 0 Å². The third-order valence-electron chi connectivity index (χ3n) is 3.59. The standard InChI is InChI=1S/C22H20N4/c1-3-4-7-16-20(17-23)26(2)22(19-14-10-6-11-15-19)25-21(24)18-12-8-5-9-13-18/h3-16,24H,1H2,2H3/b7-4-,20-16-,24-21?,25-22-. The predicted molar refractivity (Wildman–Crippen MR) is 107 cm³/mol. The van der Waals surface area contributed by atoms with Crippen LogP contribution in [-0.4, -0.2) is 23.6 Å². The number of rotatable bonds is 5. The molecule has 0 aliphatic heterocycles. The largest absolute Gasteiger partial charge is 0.320 e. The van der Waals surface area contributed by atoms with Crippen LogP contribution in [0.4, 0.5) is 0 Å². The van der Waals surface area contributed by atoms with E-state index in [0.29, 0.717) is 17.1 Å². The molecule has 0 heterocycles. The van der Waals surface area contributed by atoms with E-state index in [1.807, 2.05) is 60.7 Å². The summed E-state index contributed by atoms with van der Waals surface area (Å²) in [6.07, 6.45) is 6.82. The maximum Gasteiger partial charge on any atom is 0.154 e. The first-order valence-electron chi connectivity index (χ1n) is 8.08. The molecule has 2 rings (SSSR count). The summed E-state index contributed by atoms with van der Waals surface area (Å²) in [4.78, 5) is 6.18. The summed E-state index contributed by atoms with van der Waals surface area (Å²) in [6, 6.07) is 21.0. The minimum atomic E-state index is 0.134. The van der Waals surface area contributed by atoms with Crippen molar-refractivity contribution in [1.82, 2.24) is 4.90 Å². The Hall–Kier alpha value is -3.71. The van der Waals surface area contributed by atoms with Gasteiger partial charge in [0, 0.05) is 18.2 Å². The lowest BCUT2D eigenvalue weighted by Gasteiger charge is -2.20. The molecule has 26 heavy (non-hydrogen) atoms. The van der Waals surface area contributed by atoms with E-state index >= 15 is 0 Å². The van der Waals surface area contributed by atoms with Gasteiger partial charge in [-0.15, -0.1) is 0 Å². The molecule has 0 unspecified atom stereocenters. The lowest BCUT2D eigenvalue weighted by molar-refractivity contribution is 0.653. The van der Waals surface area contributed by atoms with E-state index in [4.69, 9.17) is 5.41 Å². The van der Waals surface area contributed by atoms with Crippen LogP contribution >= 0.6 is 0 Å². The topological polar surface area (TPSA) is 63.2 Å². The number of benzene rings is 2. The second-order valence-electron chi connectivity index (χ2n) is 5.36. The molecule has 0 fully saturated rings. The number of nitriles is 1. The second kappa shape index (κ2) is 9.55. The van der Waals surface area contributed by atoms with Crippen LogP contribution < -0.4 is 0 Å². The molecule has 0 bridgehead atoms. The Kier molecular flexibility index (Phi) is 6.84. The zero-order valence-corrected chi connectivity index (χ0v) is 14.6. The van der Waals surface area contributed by atoms with E-state index in [-0.39, 0.29) is 5.84 Å². The first kappa shape index (κ1) is 18.6. The summed E-state index contributed by atoms with van der Waals surface area (Å²) >= 11 is 0. The fourth-order valence-electron chi connectivity index (χ4n) is 2.25. The Labute approximate surface area is 154 Å². The molecule has 4 nitrogen and oxygen atoms in total. The van der Waals surface area contributed by atoms with Gasteiger partial charge in [0.15, 0.2) is 5.84 Å². The van der Waals surface area contributed by atoms with E-state index in [2.05, 4.69) is 17.6 Å². The summed E-state index contributed by atoms with van der Waals surface area (Å²) in [6.45, 7) is 3.62. The highest BCUT2D eigenvalue weighted by atomic mass is 15.2. The van der Waals surface area contributed by atoms with Crippen LogP contribution in [0.15, 0.2) is 102 Å². The summed E-state index contributed by atoms with van der Waals surface area (Å²) in [7, 11) is 1.76. The minimum Gasteiger partial charge on any atom is -0.320 e. The van der Waals surface area contributed by atoms with Crippen molar-refractivity contribution < 1.29 is 0 Å². The maximum atomic E-state index is 9.51. The average Bonchev–Trinajstić information content (AvgIpc) is 2.70. The van der Waals surface area contributed by atoms with E-state index in [1.165, 1.54) is 0 Å². The summed E-state index contributed by atoms with van der Waals surface area (Å²) in [5.74, 6) is 0.662. The van der Waals surface area contributed by atoms with Gasteiger partial charge in [0.25, 0.3) is 0 Å². The van der Waals surface area contributed by atoms with Crippen LogP contribution in [0.2, 0.25) is 0 Å². The Bertz CT molecular complexity index is 885. The Morgan fingerprint density at radius 1 is 1.04 bits per heavy atom. The number of allylic oxidation sites excluding steroid dienone is 5. The average molecular weight is 340 g/mol. The van der Waals surface area contributed by atoms with Crippen LogP contribution in [0.25, 0.3) is 0 Å². The molecule has 0 aliphatic rings. The van der Waals surface area contributed by atoms with Crippen molar-refractivity contribution in [3.8, 4) is 6.07 Å². The monoisotopic (exact) mass is 340 g/mol. The number of nitrogens with one attached hydrogen (secondary N) is 1. The van der Waals surface area contributed by atoms with Gasteiger partial charge in [-0.25, -0.2) is 4.99 Å². The van der Waals surface area contributed by atoms with Gasteiger partial charge in [-0.3, -0.25) is 5.41 Å². The van der Waals surface area contributed by atoms with Gasteiger partial charge in [-0.1, -0.05) is 85.5 Å². The summed E-state index contributed by atoms with van der Waals surface area (Å²) < 4.78 is 0. The van der Waals surface area contributed by atoms with Crippen LogP contribution in [0.5, 0.6) is 0 Å². The van der Waals surface area contributed by atoms with Crippen LogP contribution in [0.1, 0.15) is 11.1 Å². The molecular formula is C22H20N4. The maximum absolute atomic E-state index is 9.51. The van der Waals surface area contributed by atoms with E-state index < -0.39 is 0 Å². The van der Waals surface area contributed by atoms with Crippen molar-refractivity contribution in [2.75, 3.05) is 7.05 Å². The van der Waals surface area contributed by atoms with E-state index in [1.54, 1.807) is 36.3 Å². The molecule has 0 aliphatic carbocycles. The molecule has 4 heteroatoms. The molecule has 1 N–H and O–H groups in total. The molecular weight excluding hydrogens is 320 g/mol. The number of nitrogens with zero attached hydrogens (tertiary/aromatic N) is 3. The van der Waals surface area contributed by atoms with Gasteiger partial charge in [0.2, 0.25) is 0 Å². The third kappa shape index (κ3) is 4.89. The van der Waals surface area contributed by atoms with Gasteiger partial charge >= 0.3 is 0 Å². The highest BCUT2D eigenvalue weighted by Crippen LogP contribution is 2.12. The summed E-state index contributed by atoms with van der Waals surface area (Å²) in [5.41, 5.74) is 1.94. The number of amidine groups is 2. The van der Waals surface area contributed by atoms with Gasteiger partial charge in [-0.05, 0) is 6.08 Å². The Morgan fingerprint density at radius 3 is 2.15 bits per heavy atom. The minimum absolute atomic E-state index is 0.134. The number of aliphatic imine (C=N–C) groups is 1. The van der Waals surface area contributed by atoms with Crippen molar-refractivity contribution in [2.45, 2.75) is 0 Å². The molecule has 0 saturated heterocycles. The van der Waals surface area contributed by atoms with E-state index in [9.17, 15) is 5.26 Å². The molecule has 128 valence electrons.